The van der Waals surface area contributed by atoms with Gasteiger partial charge in [0, 0.05) is 25.0 Å². The number of rotatable bonds is 14. The lowest BCUT2D eigenvalue weighted by Gasteiger charge is -2.08. The molecule has 0 fully saturated rings. The third kappa shape index (κ3) is 13.1. The van der Waals surface area contributed by atoms with Crippen LogP contribution in [-0.4, -0.2) is 47.3 Å². The maximum Gasteiger partial charge on any atom is 0.341 e. The van der Waals surface area contributed by atoms with E-state index in [1.54, 1.807) is 6.08 Å². The smallest absolute Gasteiger partial charge is 0.341 e. The van der Waals surface area contributed by atoms with E-state index in [1.807, 2.05) is 6.92 Å². The van der Waals surface area contributed by atoms with E-state index in [9.17, 15) is 19.2 Å². The molecule has 26 heavy (non-hydrogen) atoms. The molecule has 0 radical (unpaired) electrons. The van der Waals surface area contributed by atoms with Gasteiger partial charge in [-0.05, 0) is 32.1 Å². The van der Waals surface area contributed by atoms with Gasteiger partial charge in [0.05, 0.1) is 13.0 Å². The van der Waals surface area contributed by atoms with Gasteiger partial charge >= 0.3 is 23.9 Å². The Morgan fingerprint density at radius 3 is 2.27 bits per heavy atom. The van der Waals surface area contributed by atoms with Crippen LogP contribution in [0.1, 0.15) is 64.7 Å². The standard InChI is InChI=1S/C18H28O8/c1-2-3-8-14(13-17(23)25-12-7-6-11-19)18(24)26-16(22)10-5-4-9-15(20)21/h8,19H,2-7,9-13H2,1H3,(H,20,21). The Bertz CT molecular complexity index is 495. The largest absolute Gasteiger partial charge is 0.481 e. The minimum atomic E-state index is -0.947. The van der Waals surface area contributed by atoms with Crippen LogP contribution >= 0.6 is 0 Å². The van der Waals surface area contributed by atoms with E-state index in [4.69, 9.17) is 19.7 Å². The van der Waals surface area contributed by atoms with E-state index in [0.717, 1.165) is 6.42 Å². The van der Waals surface area contributed by atoms with Crippen LogP contribution in [0.5, 0.6) is 0 Å². The van der Waals surface area contributed by atoms with E-state index in [2.05, 4.69) is 0 Å². The fraction of sp³-hybridized carbons (Fsp3) is 0.667. The van der Waals surface area contributed by atoms with Gasteiger partial charge in [-0.2, -0.15) is 0 Å². The molecule has 0 amide bonds. The highest BCUT2D eigenvalue weighted by atomic mass is 16.6. The van der Waals surface area contributed by atoms with Crippen molar-refractivity contribution in [2.75, 3.05) is 13.2 Å². The van der Waals surface area contributed by atoms with Gasteiger partial charge in [0.2, 0.25) is 0 Å². The molecule has 0 saturated heterocycles. The minimum Gasteiger partial charge on any atom is -0.481 e. The zero-order valence-electron chi connectivity index (χ0n) is 15.2. The molecule has 0 unspecified atom stereocenters. The van der Waals surface area contributed by atoms with Crippen LogP contribution in [0, 0.1) is 0 Å². The van der Waals surface area contributed by atoms with Crippen LogP contribution in [0.25, 0.3) is 0 Å². The number of esters is 3. The summed E-state index contributed by atoms with van der Waals surface area (Å²) in [5.74, 6) is -3.18. The van der Waals surface area contributed by atoms with Gasteiger partial charge in [0.15, 0.2) is 0 Å². The van der Waals surface area contributed by atoms with Crippen LogP contribution in [0.15, 0.2) is 11.6 Å². The second-order valence-corrected chi connectivity index (χ2v) is 5.71. The van der Waals surface area contributed by atoms with Gasteiger partial charge in [0.25, 0.3) is 0 Å². The summed E-state index contributed by atoms with van der Waals surface area (Å²) in [7, 11) is 0. The molecule has 0 aromatic heterocycles. The molecular weight excluding hydrogens is 344 g/mol. The molecule has 0 bridgehead atoms. The Morgan fingerprint density at radius 2 is 1.65 bits per heavy atom. The van der Waals surface area contributed by atoms with Crippen molar-refractivity contribution in [3.8, 4) is 0 Å². The van der Waals surface area contributed by atoms with Crippen molar-refractivity contribution in [3.05, 3.63) is 11.6 Å². The minimum absolute atomic E-state index is 0.0140. The average Bonchev–Trinajstić information content (AvgIpc) is 2.59. The van der Waals surface area contributed by atoms with E-state index < -0.39 is 23.9 Å². The lowest BCUT2D eigenvalue weighted by molar-refractivity contribution is -0.158. The summed E-state index contributed by atoms with van der Waals surface area (Å²) in [5, 5.41) is 17.2. The molecule has 0 aliphatic rings. The van der Waals surface area contributed by atoms with Gasteiger partial charge < -0.3 is 19.7 Å². The second kappa shape index (κ2) is 15.1. The summed E-state index contributed by atoms with van der Waals surface area (Å²) < 4.78 is 9.70. The van der Waals surface area contributed by atoms with Gasteiger partial charge in [-0.3, -0.25) is 14.4 Å². The van der Waals surface area contributed by atoms with Crippen LogP contribution in [-0.2, 0) is 28.7 Å². The van der Waals surface area contributed by atoms with E-state index >= 15 is 0 Å². The van der Waals surface area contributed by atoms with Crippen molar-refractivity contribution in [2.45, 2.75) is 64.7 Å². The molecular formula is C18H28O8. The van der Waals surface area contributed by atoms with Crippen LogP contribution in [0.4, 0.5) is 0 Å². The molecule has 0 spiro atoms. The Labute approximate surface area is 153 Å². The molecule has 0 aromatic rings. The van der Waals surface area contributed by atoms with Crippen molar-refractivity contribution < 1.29 is 38.9 Å². The quantitative estimate of drug-likeness (QED) is 0.205. The van der Waals surface area contributed by atoms with Crippen LogP contribution in [0.3, 0.4) is 0 Å². The molecule has 8 nitrogen and oxygen atoms in total. The predicted octanol–water partition coefficient (Wildman–Crippen LogP) is 2.13. The monoisotopic (exact) mass is 372 g/mol. The molecule has 8 heteroatoms. The number of aliphatic carboxylic acids is 1. The molecule has 0 saturated carbocycles. The first-order valence-corrected chi connectivity index (χ1v) is 8.83. The highest BCUT2D eigenvalue weighted by Gasteiger charge is 2.19. The average molecular weight is 372 g/mol. The third-order valence-corrected chi connectivity index (χ3v) is 3.32. The summed E-state index contributed by atoms with van der Waals surface area (Å²) in [5.41, 5.74) is 0.0675. The van der Waals surface area contributed by atoms with Crippen molar-refractivity contribution in [3.63, 3.8) is 0 Å². The predicted molar refractivity (Wildman–Crippen MR) is 92.1 cm³/mol. The number of carboxylic acids is 1. The fourth-order valence-electron chi connectivity index (χ4n) is 1.92. The molecule has 2 N–H and O–H groups in total. The first-order valence-electron chi connectivity index (χ1n) is 8.83. The van der Waals surface area contributed by atoms with Gasteiger partial charge in [-0.25, -0.2) is 4.79 Å². The summed E-state index contributed by atoms with van der Waals surface area (Å²) in [4.78, 5) is 45.9. The van der Waals surface area contributed by atoms with E-state index in [-0.39, 0.29) is 38.0 Å². The van der Waals surface area contributed by atoms with E-state index in [0.29, 0.717) is 32.1 Å². The van der Waals surface area contributed by atoms with Crippen LogP contribution < -0.4 is 0 Å². The zero-order valence-corrected chi connectivity index (χ0v) is 15.2. The highest BCUT2D eigenvalue weighted by molar-refractivity contribution is 5.99. The molecule has 0 rings (SSSR count). The van der Waals surface area contributed by atoms with Crippen LogP contribution in [0.2, 0.25) is 0 Å². The molecule has 0 aliphatic heterocycles. The molecule has 0 atom stereocenters. The normalized spacial score (nSPS) is 11.1. The number of aliphatic hydroxyl groups excluding tert-OH is 1. The molecule has 0 aromatic carbocycles. The third-order valence-electron chi connectivity index (χ3n) is 3.32. The lowest BCUT2D eigenvalue weighted by atomic mass is 10.1. The SMILES string of the molecule is CCCC=C(CC(=O)OCCCCO)C(=O)OC(=O)CCCCC(=O)O. The fourth-order valence-corrected chi connectivity index (χ4v) is 1.92. The Hall–Kier alpha value is -2.22. The summed E-state index contributed by atoms with van der Waals surface area (Å²) in [6, 6.07) is 0. The van der Waals surface area contributed by atoms with Gasteiger partial charge in [-0.15, -0.1) is 0 Å². The number of allylic oxidation sites excluding steroid dienone is 1. The van der Waals surface area contributed by atoms with Crippen molar-refractivity contribution in [1.82, 2.24) is 0 Å². The zero-order chi connectivity index (χ0) is 19.8. The lowest BCUT2D eigenvalue weighted by Crippen LogP contribution is -2.18. The summed E-state index contributed by atoms with van der Waals surface area (Å²) >= 11 is 0. The highest BCUT2D eigenvalue weighted by Crippen LogP contribution is 2.11. The van der Waals surface area contributed by atoms with Crippen molar-refractivity contribution >= 4 is 23.9 Å². The number of carbonyl (C=O) groups excluding carboxylic acids is 3. The number of unbranched alkanes of at least 4 members (excludes halogenated alkanes) is 3. The van der Waals surface area contributed by atoms with E-state index in [1.165, 1.54) is 0 Å². The van der Waals surface area contributed by atoms with Gasteiger partial charge in [0.1, 0.15) is 0 Å². The number of carboxylic acid groups (broad SMARTS) is 1. The topological polar surface area (TPSA) is 127 Å². The molecule has 148 valence electrons. The van der Waals surface area contributed by atoms with Gasteiger partial charge in [-0.1, -0.05) is 19.4 Å². The number of hydrogen-bond acceptors (Lipinski definition) is 7. The Morgan fingerprint density at radius 1 is 0.962 bits per heavy atom. The molecule has 0 aliphatic carbocycles. The summed E-state index contributed by atoms with van der Waals surface area (Å²) in [6.07, 6.45) is 4.12. The molecule has 0 heterocycles. The number of aliphatic hydroxyl groups is 1. The van der Waals surface area contributed by atoms with Crippen molar-refractivity contribution in [2.24, 2.45) is 0 Å². The van der Waals surface area contributed by atoms with Crippen molar-refractivity contribution in [1.29, 1.82) is 0 Å². The first kappa shape index (κ1) is 23.8. The Balaban J connectivity index is 4.43. The number of carbonyl (C=O) groups is 4. The second-order valence-electron chi connectivity index (χ2n) is 5.71. The first-order chi connectivity index (χ1) is 12.4. The number of ether oxygens (including phenoxy) is 2. The summed E-state index contributed by atoms with van der Waals surface area (Å²) in [6.45, 7) is 2.07. The Kier molecular flexibility index (Phi) is 13.8. The maximum atomic E-state index is 12.1. The maximum absolute atomic E-state index is 12.1. The number of hydrogen-bond donors (Lipinski definition) is 2.